The molecule has 150 valence electrons. The molecule has 7 heteroatoms. The number of benzene rings is 2. The number of pyridine rings is 1. The van der Waals surface area contributed by atoms with Crippen LogP contribution in [-0.4, -0.2) is 29.8 Å². The van der Waals surface area contributed by atoms with Crippen LogP contribution in [0.15, 0.2) is 59.6 Å². The molecule has 0 aliphatic rings. The second kappa shape index (κ2) is 9.93. The van der Waals surface area contributed by atoms with Crippen LogP contribution in [0.1, 0.15) is 30.3 Å². The highest BCUT2D eigenvalue weighted by Crippen LogP contribution is 2.32. The highest BCUT2D eigenvalue weighted by atomic mass is 32.2. The average molecular weight is 410 g/mol. The number of nitrogens with one attached hydrogen (secondary N) is 1. The van der Waals surface area contributed by atoms with Gasteiger partial charge in [0.25, 0.3) is 5.24 Å². The van der Waals surface area contributed by atoms with E-state index < -0.39 is 5.97 Å². The van der Waals surface area contributed by atoms with Crippen molar-refractivity contribution in [3.05, 3.63) is 60.3 Å². The number of para-hydroxylation sites is 1. The molecule has 2 aromatic carbocycles. The van der Waals surface area contributed by atoms with Crippen molar-refractivity contribution in [2.75, 3.05) is 13.7 Å². The Labute approximate surface area is 173 Å². The molecule has 0 saturated carbocycles. The molecular formula is C22H22N2O4S. The van der Waals surface area contributed by atoms with Crippen LogP contribution in [0.5, 0.6) is 11.5 Å². The predicted octanol–water partition coefficient (Wildman–Crippen LogP) is 5.42. The van der Waals surface area contributed by atoms with Crippen LogP contribution in [0.3, 0.4) is 0 Å². The van der Waals surface area contributed by atoms with Gasteiger partial charge in [0.15, 0.2) is 0 Å². The zero-order valence-corrected chi connectivity index (χ0v) is 17.1. The Hall–Kier alpha value is -3.06. The van der Waals surface area contributed by atoms with Crippen molar-refractivity contribution in [3.8, 4) is 11.5 Å². The molecule has 0 fully saturated rings. The van der Waals surface area contributed by atoms with Crippen molar-refractivity contribution in [1.82, 2.24) is 10.3 Å². The van der Waals surface area contributed by atoms with Gasteiger partial charge < -0.3 is 14.8 Å². The zero-order valence-electron chi connectivity index (χ0n) is 16.3. The number of hydrogen-bond donors (Lipinski definition) is 1. The van der Waals surface area contributed by atoms with Gasteiger partial charge in [-0.05, 0) is 53.9 Å². The molecule has 1 aromatic heterocycles. The van der Waals surface area contributed by atoms with E-state index in [-0.39, 0.29) is 10.9 Å². The summed E-state index contributed by atoms with van der Waals surface area (Å²) in [7, 11) is 1.55. The smallest absolute Gasteiger partial charge is 0.356 e. The van der Waals surface area contributed by atoms with E-state index in [4.69, 9.17) is 9.47 Å². The van der Waals surface area contributed by atoms with Gasteiger partial charge in [-0.3, -0.25) is 4.79 Å². The van der Waals surface area contributed by atoms with Crippen molar-refractivity contribution in [3.63, 3.8) is 0 Å². The summed E-state index contributed by atoms with van der Waals surface area (Å²) in [4.78, 5) is 28.7. The van der Waals surface area contributed by atoms with Crippen LogP contribution in [0.25, 0.3) is 10.8 Å². The molecule has 0 aliphatic heterocycles. The number of thioether (sulfide) groups is 1. The second-order valence-corrected chi connectivity index (χ2v) is 7.20. The Bertz CT molecular complexity index is 1010. The van der Waals surface area contributed by atoms with Gasteiger partial charge in [-0.2, -0.15) is 0 Å². The molecule has 0 bridgehead atoms. The zero-order chi connectivity index (χ0) is 20.6. The monoisotopic (exact) mass is 410 g/mol. The first-order valence-corrected chi connectivity index (χ1v) is 10.2. The van der Waals surface area contributed by atoms with Crippen LogP contribution in [0, 0.1) is 0 Å². The standard InChI is InChI=1S/C22H22N2O4S/c1-3-4-12-27-21(25)19-13-15-10-11-17(28-16-8-6-5-7-9-16)14-18(15)20(24-19)29-22(26)23-2/h5-11,13-14H,3-4,12H2,1-2H3,(H,23,26). The van der Waals surface area contributed by atoms with Crippen LogP contribution in [0.2, 0.25) is 0 Å². The number of carbonyl (C=O) groups is 2. The maximum absolute atomic E-state index is 12.4. The third-order valence-electron chi connectivity index (χ3n) is 4.08. The number of fused-ring (bicyclic) bond motifs is 1. The van der Waals surface area contributed by atoms with E-state index in [0.29, 0.717) is 23.1 Å². The van der Waals surface area contributed by atoms with E-state index in [1.165, 1.54) is 0 Å². The summed E-state index contributed by atoms with van der Waals surface area (Å²) in [6, 6.07) is 16.5. The molecule has 0 saturated heterocycles. The van der Waals surface area contributed by atoms with Crippen LogP contribution in [-0.2, 0) is 4.74 Å². The van der Waals surface area contributed by atoms with Gasteiger partial charge in [0.05, 0.1) is 6.61 Å². The number of nitrogens with zero attached hydrogens (tertiary/aromatic N) is 1. The molecular weight excluding hydrogens is 388 g/mol. The number of esters is 1. The molecule has 0 spiro atoms. The maximum Gasteiger partial charge on any atom is 0.356 e. The number of amides is 1. The van der Waals surface area contributed by atoms with Crippen molar-refractivity contribution in [2.45, 2.75) is 24.8 Å². The SMILES string of the molecule is CCCCOC(=O)c1cc2ccc(Oc3ccccc3)cc2c(SC(=O)NC)n1. The van der Waals surface area contributed by atoms with Gasteiger partial charge >= 0.3 is 5.97 Å². The third kappa shape index (κ3) is 5.48. The van der Waals surface area contributed by atoms with Gasteiger partial charge in [0.1, 0.15) is 22.2 Å². The number of carbonyl (C=O) groups excluding carboxylic acids is 2. The van der Waals surface area contributed by atoms with Gasteiger partial charge in [0.2, 0.25) is 0 Å². The van der Waals surface area contributed by atoms with Crippen molar-refractivity contribution >= 4 is 33.7 Å². The van der Waals surface area contributed by atoms with Crippen LogP contribution >= 0.6 is 11.8 Å². The minimum atomic E-state index is -0.497. The van der Waals surface area contributed by atoms with Crippen molar-refractivity contribution in [1.29, 1.82) is 0 Å². The number of unbranched alkanes of at least 4 members (excludes halogenated alkanes) is 1. The first-order chi connectivity index (χ1) is 14.1. The van der Waals surface area contributed by atoms with E-state index in [1.807, 2.05) is 55.5 Å². The summed E-state index contributed by atoms with van der Waals surface area (Å²) < 4.78 is 11.2. The molecule has 3 rings (SSSR count). The number of aromatic nitrogens is 1. The first kappa shape index (κ1) is 20.7. The molecule has 1 amide bonds. The fourth-order valence-corrected chi connectivity index (χ4v) is 3.30. The second-order valence-electron chi connectivity index (χ2n) is 6.24. The molecule has 0 radical (unpaired) electrons. The van der Waals surface area contributed by atoms with Crippen molar-refractivity contribution < 1.29 is 19.1 Å². The molecule has 29 heavy (non-hydrogen) atoms. The lowest BCUT2D eigenvalue weighted by atomic mass is 10.1. The fourth-order valence-electron chi connectivity index (χ4n) is 2.59. The average Bonchev–Trinajstić information content (AvgIpc) is 2.74. The van der Waals surface area contributed by atoms with Gasteiger partial charge in [-0.1, -0.05) is 37.6 Å². The van der Waals surface area contributed by atoms with Crippen LogP contribution < -0.4 is 10.1 Å². The summed E-state index contributed by atoms with van der Waals surface area (Å²) in [6.45, 7) is 2.37. The van der Waals surface area contributed by atoms with Crippen LogP contribution in [0.4, 0.5) is 4.79 Å². The predicted molar refractivity (Wildman–Crippen MR) is 114 cm³/mol. The Morgan fingerprint density at radius 3 is 2.59 bits per heavy atom. The minimum Gasteiger partial charge on any atom is -0.461 e. The molecule has 1 heterocycles. The molecule has 0 aliphatic carbocycles. The molecule has 3 aromatic rings. The van der Waals surface area contributed by atoms with Gasteiger partial charge in [0, 0.05) is 12.4 Å². The fraction of sp³-hybridized carbons (Fsp3) is 0.227. The lowest BCUT2D eigenvalue weighted by molar-refractivity contribution is 0.0492. The summed E-state index contributed by atoms with van der Waals surface area (Å²) >= 11 is 0.924. The topological polar surface area (TPSA) is 77.5 Å². The molecule has 6 nitrogen and oxygen atoms in total. The largest absolute Gasteiger partial charge is 0.461 e. The highest BCUT2D eigenvalue weighted by molar-refractivity contribution is 8.13. The first-order valence-electron chi connectivity index (χ1n) is 9.35. The third-order valence-corrected chi connectivity index (χ3v) is 4.98. The van der Waals surface area contributed by atoms with Crippen molar-refractivity contribution in [2.24, 2.45) is 0 Å². The lowest BCUT2D eigenvalue weighted by Gasteiger charge is -2.11. The normalized spacial score (nSPS) is 10.6. The number of ether oxygens (including phenoxy) is 2. The Morgan fingerprint density at radius 1 is 1.07 bits per heavy atom. The Morgan fingerprint density at radius 2 is 1.86 bits per heavy atom. The minimum absolute atomic E-state index is 0.178. The molecule has 0 atom stereocenters. The maximum atomic E-state index is 12.4. The van der Waals surface area contributed by atoms with E-state index in [1.54, 1.807) is 13.1 Å². The molecule has 0 unspecified atom stereocenters. The molecule has 1 N–H and O–H groups in total. The number of rotatable bonds is 7. The quantitative estimate of drug-likeness (QED) is 0.319. The van der Waals surface area contributed by atoms with E-state index in [2.05, 4.69) is 10.3 Å². The summed E-state index contributed by atoms with van der Waals surface area (Å²) in [5, 5.41) is 4.20. The van der Waals surface area contributed by atoms with Gasteiger partial charge in [-0.15, -0.1) is 0 Å². The summed E-state index contributed by atoms with van der Waals surface area (Å²) in [5.74, 6) is 0.822. The summed E-state index contributed by atoms with van der Waals surface area (Å²) in [6.07, 6.45) is 1.72. The summed E-state index contributed by atoms with van der Waals surface area (Å²) in [5.41, 5.74) is 0.178. The Kier molecular flexibility index (Phi) is 7.08. The lowest BCUT2D eigenvalue weighted by Crippen LogP contribution is -2.13. The van der Waals surface area contributed by atoms with E-state index in [9.17, 15) is 9.59 Å². The highest BCUT2D eigenvalue weighted by Gasteiger charge is 2.16. The van der Waals surface area contributed by atoms with E-state index >= 15 is 0 Å². The number of hydrogen-bond acceptors (Lipinski definition) is 6. The van der Waals surface area contributed by atoms with E-state index in [0.717, 1.165) is 35.4 Å². The van der Waals surface area contributed by atoms with Gasteiger partial charge in [-0.25, -0.2) is 9.78 Å². The Balaban J connectivity index is 1.96.